The molecule has 168 valence electrons. The van der Waals surface area contributed by atoms with E-state index in [1.165, 1.54) is 31.4 Å². The molecule has 8 nitrogen and oxygen atoms in total. The second kappa shape index (κ2) is 9.54. The molecular weight excluding hydrogens is 402 g/mol. The molecule has 0 bridgehead atoms. The standard InChI is InChI=1S/C24H31N7O/c32-22(16-19-6-4-5-7-19)25-10-11-31-24-21(17-28-31)23(26-18-27-24)30-14-12-29(13-15-30)20-8-2-1-3-9-20/h1-3,8-9,17-19H,4-7,10-16H2,(H,25,32). The van der Waals surface area contributed by atoms with Crippen molar-refractivity contribution in [3.8, 4) is 0 Å². The Labute approximate surface area is 188 Å². The molecule has 1 N–H and O–H groups in total. The maximum absolute atomic E-state index is 12.2. The molecule has 0 spiro atoms. The predicted molar refractivity (Wildman–Crippen MR) is 126 cm³/mol. The molecule has 8 heteroatoms. The van der Waals surface area contributed by atoms with Gasteiger partial charge in [-0.15, -0.1) is 0 Å². The van der Waals surface area contributed by atoms with E-state index in [1.54, 1.807) is 6.33 Å². The quantitative estimate of drug-likeness (QED) is 0.617. The van der Waals surface area contributed by atoms with Gasteiger partial charge in [0.2, 0.25) is 5.91 Å². The van der Waals surface area contributed by atoms with E-state index in [4.69, 9.17) is 0 Å². The van der Waals surface area contributed by atoms with Crippen molar-refractivity contribution < 1.29 is 4.79 Å². The summed E-state index contributed by atoms with van der Waals surface area (Å²) in [4.78, 5) is 26.0. The number of carbonyl (C=O) groups excluding carboxylic acids is 1. The number of hydrogen-bond acceptors (Lipinski definition) is 6. The molecule has 2 aliphatic rings. The minimum atomic E-state index is 0.153. The maximum atomic E-state index is 12.2. The fraction of sp³-hybridized carbons (Fsp3) is 0.500. The summed E-state index contributed by atoms with van der Waals surface area (Å²) in [6.07, 6.45) is 9.04. The number of para-hydroxylation sites is 1. The second-order valence-corrected chi connectivity index (χ2v) is 8.82. The van der Waals surface area contributed by atoms with Crippen LogP contribution in [0.15, 0.2) is 42.9 Å². The van der Waals surface area contributed by atoms with Gasteiger partial charge in [0.1, 0.15) is 12.1 Å². The van der Waals surface area contributed by atoms with Crippen molar-refractivity contribution >= 4 is 28.4 Å². The first-order valence-corrected chi connectivity index (χ1v) is 11.8. The first-order chi connectivity index (χ1) is 15.8. The highest BCUT2D eigenvalue weighted by Gasteiger charge is 2.22. The number of anilines is 2. The number of piperazine rings is 1. The number of rotatable bonds is 7. The Hall–Kier alpha value is -3.16. The van der Waals surface area contributed by atoms with E-state index < -0.39 is 0 Å². The van der Waals surface area contributed by atoms with Gasteiger partial charge in [-0.3, -0.25) is 4.79 Å². The van der Waals surface area contributed by atoms with Crippen molar-refractivity contribution in [3.05, 3.63) is 42.9 Å². The molecule has 32 heavy (non-hydrogen) atoms. The predicted octanol–water partition coefficient (Wildman–Crippen LogP) is 2.85. The Bertz CT molecular complexity index is 1040. The summed E-state index contributed by atoms with van der Waals surface area (Å²) in [6, 6.07) is 10.5. The first-order valence-electron chi connectivity index (χ1n) is 11.8. The molecule has 0 atom stereocenters. The van der Waals surface area contributed by atoms with Crippen molar-refractivity contribution in [1.29, 1.82) is 0 Å². The number of nitrogens with one attached hydrogen (secondary N) is 1. The normalized spacial score (nSPS) is 17.2. The molecule has 0 unspecified atom stereocenters. The molecule has 2 aromatic heterocycles. The van der Waals surface area contributed by atoms with Crippen LogP contribution in [0.1, 0.15) is 32.1 Å². The Morgan fingerprint density at radius 3 is 2.53 bits per heavy atom. The highest BCUT2D eigenvalue weighted by Crippen LogP contribution is 2.27. The monoisotopic (exact) mass is 433 g/mol. The molecule has 3 heterocycles. The number of carbonyl (C=O) groups is 1. The van der Waals surface area contributed by atoms with E-state index in [9.17, 15) is 4.79 Å². The highest BCUT2D eigenvalue weighted by molar-refractivity contribution is 5.86. The van der Waals surface area contributed by atoms with E-state index in [0.717, 1.165) is 43.0 Å². The summed E-state index contributed by atoms with van der Waals surface area (Å²) in [5.41, 5.74) is 2.09. The average molecular weight is 434 g/mol. The third-order valence-corrected chi connectivity index (χ3v) is 6.71. The number of fused-ring (bicyclic) bond motifs is 1. The van der Waals surface area contributed by atoms with Crippen molar-refractivity contribution in [2.45, 2.75) is 38.6 Å². The lowest BCUT2D eigenvalue weighted by atomic mass is 10.0. The fourth-order valence-corrected chi connectivity index (χ4v) is 4.96. The summed E-state index contributed by atoms with van der Waals surface area (Å²) in [7, 11) is 0. The molecule has 3 aromatic rings. The van der Waals surface area contributed by atoms with Crippen LogP contribution in [-0.2, 0) is 11.3 Å². The largest absolute Gasteiger partial charge is 0.368 e. The number of nitrogens with zero attached hydrogens (tertiary/aromatic N) is 6. The first kappa shape index (κ1) is 20.7. The highest BCUT2D eigenvalue weighted by atomic mass is 16.1. The van der Waals surface area contributed by atoms with Crippen LogP contribution in [0.2, 0.25) is 0 Å². The summed E-state index contributed by atoms with van der Waals surface area (Å²) in [5, 5.41) is 8.56. The number of hydrogen-bond donors (Lipinski definition) is 1. The molecule has 1 aliphatic heterocycles. The fourth-order valence-electron chi connectivity index (χ4n) is 4.96. The molecule has 1 aromatic carbocycles. The zero-order valence-electron chi connectivity index (χ0n) is 18.5. The van der Waals surface area contributed by atoms with Crippen LogP contribution in [0.5, 0.6) is 0 Å². The van der Waals surface area contributed by atoms with Crippen LogP contribution >= 0.6 is 0 Å². The van der Waals surface area contributed by atoms with Crippen LogP contribution in [0.25, 0.3) is 11.0 Å². The third-order valence-electron chi connectivity index (χ3n) is 6.71. The lowest BCUT2D eigenvalue weighted by molar-refractivity contribution is -0.122. The topological polar surface area (TPSA) is 79.2 Å². The second-order valence-electron chi connectivity index (χ2n) is 8.82. The van der Waals surface area contributed by atoms with Crippen LogP contribution in [-0.4, -0.2) is 58.4 Å². The van der Waals surface area contributed by atoms with Crippen LogP contribution in [0, 0.1) is 5.92 Å². The van der Waals surface area contributed by atoms with Gasteiger partial charge in [-0.2, -0.15) is 5.10 Å². The van der Waals surface area contributed by atoms with Crippen molar-refractivity contribution in [2.24, 2.45) is 5.92 Å². The molecule has 1 aliphatic carbocycles. The van der Waals surface area contributed by atoms with E-state index >= 15 is 0 Å². The third kappa shape index (κ3) is 4.54. The van der Waals surface area contributed by atoms with E-state index in [2.05, 4.69) is 60.5 Å². The van der Waals surface area contributed by atoms with Crippen molar-refractivity contribution in [2.75, 3.05) is 42.5 Å². The summed E-state index contributed by atoms with van der Waals surface area (Å²) >= 11 is 0. The van der Waals surface area contributed by atoms with Crippen LogP contribution in [0.3, 0.4) is 0 Å². The van der Waals surface area contributed by atoms with Gasteiger partial charge in [-0.05, 0) is 30.9 Å². The average Bonchev–Trinajstić information content (AvgIpc) is 3.50. The molecule has 1 saturated heterocycles. The summed E-state index contributed by atoms with van der Waals surface area (Å²) in [5.74, 6) is 1.66. The number of benzene rings is 1. The van der Waals surface area contributed by atoms with Gasteiger partial charge < -0.3 is 15.1 Å². The summed E-state index contributed by atoms with van der Waals surface area (Å²) in [6.45, 7) is 4.90. The van der Waals surface area contributed by atoms with E-state index in [-0.39, 0.29) is 5.91 Å². The zero-order chi connectivity index (χ0) is 21.8. The van der Waals surface area contributed by atoms with Crippen LogP contribution in [0.4, 0.5) is 11.5 Å². The minimum Gasteiger partial charge on any atom is -0.368 e. The van der Waals surface area contributed by atoms with Gasteiger partial charge in [0.15, 0.2) is 5.65 Å². The SMILES string of the molecule is O=C(CC1CCCC1)NCCn1ncc2c(N3CCN(c4ccccc4)CC3)ncnc21. The molecule has 1 saturated carbocycles. The maximum Gasteiger partial charge on any atom is 0.220 e. The zero-order valence-corrected chi connectivity index (χ0v) is 18.5. The number of amides is 1. The van der Waals surface area contributed by atoms with E-state index in [1.807, 2.05) is 10.9 Å². The molecular formula is C24H31N7O. The molecule has 1 amide bonds. The van der Waals surface area contributed by atoms with Gasteiger partial charge in [0.05, 0.1) is 18.1 Å². The van der Waals surface area contributed by atoms with Gasteiger partial charge >= 0.3 is 0 Å². The molecule has 0 radical (unpaired) electrons. The Kier molecular flexibility index (Phi) is 6.18. The number of aromatic nitrogens is 4. The lowest BCUT2D eigenvalue weighted by Crippen LogP contribution is -2.46. The van der Waals surface area contributed by atoms with Gasteiger partial charge in [-0.1, -0.05) is 31.0 Å². The minimum absolute atomic E-state index is 0.153. The summed E-state index contributed by atoms with van der Waals surface area (Å²) < 4.78 is 1.87. The van der Waals surface area contributed by atoms with Crippen molar-refractivity contribution in [3.63, 3.8) is 0 Å². The molecule has 2 fully saturated rings. The van der Waals surface area contributed by atoms with Crippen LogP contribution < -0.4 is 15.1 Å². The van der Waals surface area contributed by atoms with Gasteiger partial charge in [-0.25, -0.2) is 14.6 Å². The Balaban J connectivity index is 1.19. The van der Waals surface area contributed by atoms with E-state index in [0.29, 0.717) is 25.4 Å². The Morgan fingerprint density at radius 1 is 1.00 bits per heavy atom. The van der Waals surface area contributed by atoms with Crippen molar-refractivity contribution in [1.82, 2.24) is 25.1 Å². The van der Waals surface area contributed by atoms with Gasteiger partial charge in [0.25, 0.3) is 0 Å². The molecule has 5 rings (SSSR count). The smallest absolute Gasteiger partial charge is 0.220 e. The van der Waals surface area contributed by atoms with Gasteiger partial charge in [0, 0.05) is 44.8 Å². The lowest BCUT2D eigenvalue weighted by Gasteiger charge is -2.36. The Morgan fingerprint density at radius 2 is 1.75 bits per heavy atom.